The van der Waals surface area contributed by atoms with Gasteiger partial charge in [0.2, 0.25) is 0 Å². The van der Waals surface area contributed by atoms with Gasteiger partial charge in [0.25, 0.3) is 0 Å². The summed E-state index contributed by atoms with van der Waals surface area (Å²) in [6.45, 7) is 0. The largest absolute Gasteiger partial charge is 0.463 e. The van der Waals surface area contributed by atoms with Crippen LogP contribution in [0, 0.1) is 0 Å². The molecule has 0 saturated heterocycles. The van der Waals surface area contributed by atoms with Gasteiger partial charge < -0.3 is 0 Å². The number of alkyl halides is 5. The first kappa shape index (κ1) is 10.2. The van der Waals surface area contributed by atoms with Gasteiger partial charge >= 0.3 is 11.8 Å². The Morgan fingerprint density at radius 1 is 1.10 bits per heavy atom. The highest BCUT2D eigenvalue weighted by atomic mass is 31.1. The maximum Gasteiger partial charge on any atom is 0.463 e. The topological polar surface area (TPSA) is 12.4 Å². The second kappa shape index (κ2) is 3.05. The lowest BCUT2D eigenvalue weighted by Gasteiger charge is -2.12. The summed E-state index contributed by atoms with van der Waals surface area (Å²) >= 11 is 0. The Balaban J connectivity index is 4.40. The van der Waals surface area contributed by atoms with Crippen molar-refractivity contribution < 1.29 is 22.0 Å². The summed E-state index contributed by atoms with van der Waals surface area (Å²) in [6, 6.07) is 0. The van der Waals surface area contributed by atoms with Crippen molar-refractivity contribution in [2.75, 3.05) is 0 Å². The molecule has 0 aromatic rings. The number of hydrogen-bond donors (Lipinski definition) is 0. The first-order valence-corrected chi connectivity index (χ1v) is 3.24. The third kappa shape index (κ3) is 2.43. The van der Waals surface area contributed by atoms with Crippen LogP contribution in [0.3, 0.4) is 0 Å². The van der Waals surface area contributed by atoms with Crippen LogP contribution in [0.2, 0.25) is 0 Å². The fourth-order valence-electron chi connectivity index (χ4n) is 0.129. The fraction of sp³-hybridized carbons (Fsp3) is 1.00. The molecule has 0 aliphatic carbocycles. The smallest absolute Gasteiger partial charge is 0.246 e. The molecule has 0 rings (SSSR count). The highest BCUT2D eigenvalue weighted by molar-refractivity contribution is 7.36. The first-order chi connectivity index (χ1) is 4.31. The molecule has 8 heteroatoms. The molecule has 1 nitrogen and oxygen atoms in total. The average molecular weight is 197 g/mol. The lowest BCUT2D eigenvalue weighted by atomic mass is 10.7. The molecule has 10 heavy (non-hydrogen) atoms. The molecule has 0 saturated carbocycles. The summed E-state index contributed by atoms with van der Waals surface area (Å²) in [5, 5.41) is 0. The van der Waals surface area contributed by atoms with Crippen molar-refractivity contribution >= 4 is 17.8 Å². The van der Waals surface area contributed by atoms with E-state index in [1.807, 2.05) is 0 Å². The van der Waals surface area contributed by atoms with Crippen LogP contribution in [-0.2, 0) is 0 Å². The summed E-state index contributed by atoms with van der Waals surface area (Å²) < 4.78 is 59.5. The molecular formula is C2H2F5NP2. The van der Waals surface area contributed by atoms with Gasteiger partial charge in [-0.25, -0.2) is 4.52 Å². The maximum absolute atomic E-state index is 11.7. The van der Waals surface area contributed by atoms with E-state index >= 15 is 0 Å². The lowest BCUT2D eigenvalue weighted by molar-refractivity contribution is -0.238. The highest BCUT2D eigenvalue weighted by Crippen LogP contribution is 2.44. The summed E-state index contributed by atoms with van der Waals surface area (Å²) in [5.74, 6) is 0. The molecule has 0 heterocycles. The average Bonchev–Trinajstić information content (AvgIpc) is 1.61. The van der Waals surface area contributed by atoms with E-state index in [9.17, 15) is 22.0 Å². The lowest BCUT2D eigenvalue weighted by Crippen LogP contribution is -2.30. The molecule has 0 aliphatic rings. The van der Waals surface area contributed by atoms with Crippen molar-refractivity contribution in [3.63, 3.8) is 0 Å². The van der Waals surface area contributed by atoms with E-state index in [1.165, 1.54) is 9.39 Å². The molecule has 0 aromatic carbocycles. The maximum atomic E-state index is 11.7. The van der Waals surface area contributed by atoms with E-state index in [1.54, 1.807) is 0 Å². The minimum Gasteiger partial charge on any atom is -0.246 e. The summed E-state index contributed by atoms with van der Waals surface area (Å²) in [6.07, 6.45) is -5.51. The zero-order valence-corrected chi connectivity index (χ0v) is 6.41. The monoisotopic (exact) mass is 197 g/mol. The van der Waals surface area contributed by atoms with Crippen molar-refractivity contribution in [3.8, 4) is 0 Å². The Morgan fingerprint density at radius 3 is 1.60 bits per heavy atom. The third-order valence-electron chi connectivity index (χ3n) is 0.524. The summed E-state index contributed by atoms with van der Waals surface area (Å²) in [7, 11) is 0.129. The molecule has 0 aliphatic heterocycles. The van der Waals surface area contributed by atoms with Gasteiger partial charge in [-0.3, -0.25) is 0 Å². The van der Waals surface area contributed by atoms with E-state index in [0.29, 0.717) is 0 Å². The van der Waals surface area contributed by atoms with Crippen molar-refractivity contribution in [2.45, 2.75) is 11.8 Å². The number of halogens is 5. The standard InChI is InChI=1S/C2H2F5NP2/c3-1(4,5)2(6,7)10-8-9/h9H2. The predicted molar refractivity (Wildman–Crippen MR) is 30.1 cm³/mol. The molecule has 1 atom stereocenters. The van der Waals surface area contributed by atoms with E-state index < -0.39 is 20.2 Å². The molecule has 0 aromatic heterocycles. The van der Waals surface area contributed by atoms with E-state index in [2.05, 4.69) is 4.52 Å². The molecule has 1 unspecified atom stereocenters. The number of nitrogens with zero attached hydrogens (tertiary/aromatic N) is 1. The van der Waals surface area contributed by atoms with Crippen LogP contribution < -0.4 is 0 Å². The normalized spacial score (nSPS) is 14.6. The summed E-state index contributed by atoms with van der Waals surface area (Å²) in [4.78, 5) is 0. The fourth-order valence-corrected chi connectivity index (χ4v) is 0.823. The molecule has 0 N–H and O–H groups in total. The Hall–Kier alpha value is 0.180. The van der Waals surface area contributed by atoms with Gasteiger partial charge in [-0.1, -0.05) is 0 Å². The Labute approximate surface area is 57.1 Å². The van der Waals surface area contributed by atoms with Gasteiger partial charge in [0, 0.05) is 0 Å². The minimum absolute atomic E-state index is 1.30. The van der Waals surface area contributed by atoms with Crippen LogP contribution in [0.25, 0.3) is 0 Å². The highest BCUT2D eigenvalue weighted by Gasteiger charge is 2.57. The van der Waals surface area contributed by atoms with Crippen LogP contribution in [0.15, 0.2) is 4.52 Å². The predicted octanol–water partition coefficient (Wildman–Crippen LogP) is 3.06. The van der Waals surface area contributed by atoms with Crippen molar-refractivity contribution in [1.29, 1.82) is 0 Å². The minimum atomic E-state index is -5.51. The summed E-state index contributed by atoms with van der Waals surface area (Å²) in [5.41, 5.74) is -4.73. The molecular weight excluding hydrogens is 195 g/mol. The van der Waals surface area contributed by atoms with Crippen LogP contribution >= 0.6 is 17.8 Å². The molecule has 60 valence electrons. The third-order valence-corrected chi connectivity index (χ3v) is 1.49. The van der Waals surface area contributed by atoms with Crippen LogP contribution in [0.1, 0.15) is 0 Å². The molecule has 0 spiro atoms. The van der Waals surface area contributed by atoms with Crippen molar-refractivity contribution in [2.24, 2.45) is 4.52 Å². The molecule has 0 amide bonds. The SMILES string of the molecule is FC(F)(F)C(F)(F)P=NP. The van der Waals surface area contributed by atoms with Crippen LogP contribution in [0.5, 0.6) is 0 Å². The zero-order valence-electron chi connectivity index (χ0n) is 4.36. The number of rotatable bonds is 1. The van der Waals surface area contributed by atoms with Crippen LogP contribution in [-0.4, -0.2) is 11.8 Å². The van der Waals surface area contributed by atoms with Crippen LogP contribution in [0.4, 0.5) is 22.0 Å². The van der Waals surface area contributed by atoms with E-state index in [0.717, 1.165) is 0 Å². The van der Waals surface area contributed by atoms with Gasteiger partial charge in [-0.2, -0.15) is 22.0 Å². The van der Waals surface area contributed by atoms with Gasteiger partial charge in [-0.05, 0) is 9.39 Å². The first-order valence-electron chi connectivity index (χ1n) is 1.88. The van der Waals surface area contributed by atoms with Crippen molar-refractivity contribution in [3.05, 3.63) is 0 Å². The van der Waals surface area contributed by atoms with E-state index in [4.69, 9.17) is 0 Å². The Kier molecular flexibility index (Phi) is 3.11. The zero-order chi connectivity index (χ0) is 8.41. The second-order valence-electron chi connectivity index (χ2n) is 1.25. The van der Waals surface area contributed by atoms with Gasteiger partial charge in [0.15, 0.2) is 0 Å². The molecule has 0 bridgehead atoms. The Morgan fingerprint density at radius 2 is 1.50 bits per heavy atom. The quantitative estimate of drug-likeness (QED) is 0.452. The number of hydrogen-bond acceptors (Lipinski definition) is 1. The second-order valence-corrected chi connectivity index (χ2v) is 2.94. The van der Waals surface area contributed by atoms with Gasteiger partial charge in [0.05, 0.1) is 8.37 Å². The molecule has 0 radical (unpaired) electrons. The Bertz CT molecular complexity index is 139. The van der Waals surface area contributed by atoms with Gasteiger partial charge in [0.1, 0.15) is 0 Å². The molecule has 0 fully saturated rings. The van der Waals surface area contributed by atoms with E-state index in [-0.39, 0.29) is 0 Å². The van der Waals surface area contributed by atoms with Gasteiger partial charge in [-0.15, -0.1) is 0 Å². The van der Waals surface area contributed by atoms with Crippen molar-refractivity contribution in [1.82, 2.24) is 0 Å².